The third-order valence-electron chi connectivity index (χ3n) is 5.54. The Labute approximate surface area is 185 Å². The van der Waals surface area contributed by atoms with Gasteiger partial charge in [0, 0.05) is 43.6 Å². The van der Waals surface area contributed by atoms with Gasteiger partial charge in [0.1, 0.15) is 0 Å². The molecule has 8 nitrogen and oxygen atoms in total. The number of halogens is 3. The van der Waals surface area contributed by atoms with Gasteiger partial charge in [0.25, 0.3) is 0 Å². The Bertz CT molecular complexity index is 884. The molecule has 0 spiro atoms. The molecule has 2 N–H and O–H groups in total. The number of aromatic hydroxyl groups is 1. The molecule has 2 saturated heterocycles. The zero-order chi connectivity index (χ0) is 23.1. The van der Waals surface area contributed by atoms with E-state index < -0.39 is 17.6 Å². The zero-order valence-corrected chi connectivity index (χ0v) is 18.1. The van der Waals surface area contributed by atoms with E-state index in [4.69, 9.17) is 10.2 Å². The first-order valence-electron chi connectivity index (χ1n) is 10.9. The SMILES string of the molecule is Cc1nc(N2CCCCC2)ncc1CO.Oc1cnc(N2CCCCC2)nc1C(F)(F)F. The highest BCUT2D eigenvalue weighted by atomic mass is 19.4. The van der Waals surface area contributed by atoms with Gasteiger partial charge in [-0.05, 0) is 45.4 Å². The molecular weight excluding hydrogens is 425 g/mol. The van der Waals surface area contributed by atoms with Gasteiger partial charge in [-0.3, -0.25) is 0 Å². The molecule has 0 aliphatic carbocycles. The van der Waals surface area contributed by atoms with Crippen LogP contribution in [0.1, 0.15) is 55.5 Å². The zero-order valence-electron chi connectivity index (χ0n) is 18.1. The number of hydrogen-bond donors (Lipinski definition) is 2. The molecule has 4 rings (SSSR count). The average Bonchev–Trinajstić information content (AvgIpc) is 2.80. The van der Waals surface area contributed by atoms with Crippen molar-refractivity contribution in [3.8, 4) is 5.75 Å². The van der Waals surface area contributed by atoms with Gasteiger partial charge in [0.2, 0.25) is 11.9 Å². The van der Waals surface area contributed by atoms with Gasteiger partial charge in [-0.1, -0.05) is 0 Å². The van der Waals surface area contributed by atoms with Crippen molar-refractivity contribution in [1.29, 1.82) is 0 Å². The minimum atomic E-state index is -4.66. The van der Waals surface area contributed by atoms with Crippen LogP contribution < -0.4 is 9.80 Å². The Kier molecular flexibility index (Phi) is 8.05. The van der Waals surface area contributed by atoms with E-state index in [9.17, 15) is 13.2 Å². The number of aromatic nitrogens is 4. The molecule has 2 aliphatic rings. The standard InChI is InChI=1S/C11H17N3O.C10H12F3N3O/c1-9-10(8-15)7-12-11(13-9)14-5-3-2-4-6-14;11-10(12,13)8-7(17)6-14-9(15-8)16-4-2-1-3-5-16/h7,15H,2-6,8H2,1H3;6,17H,1-5H2. The topological polar surface area (TPSA) is 98.5 Å². The highest BCUT2D eigenvalue weighted by Crippen LogP contribution is 2.34. The molecule has 2 aliphatic heterocycles. The van der Waals surface area contributed by atoms with Crippen LogP contribution in [-0.4, -0.2) is 56.3 Å². The predicted molar refractivity (Wildman–Crippen MR) is 114 cm³/mol. The summed E-state index contributed by atoms with van der Waals surface area (Å²) in [6, 6.07) is 0. The third-order valence-corrected chi connectivity index (χ3v) is 5.54. The monoisotopic (exact) mass is 454 g/mol. The first kappa shape index (κ1) is 24.0. The van der Waals surface area contributed by atoms with Crippen LogP contribution in [0, 0.1) is 6.92 Å². The van der Waals surface area contributed by atoms with Crippen LogP contribution in [0.15, 0.2) is 12.4 Å². The van der Waals surface area contributed by atoms with Gasteiger partial charge in [0.05, 0.1) is 12.8 Å². The fourth-order valence-electron chi connectivity index (χ4n) is 3.70. The maximum Gasteiger partial charge on any atom is 0.437 e. The summed E-state index contributed by atoms with van der Waals surface area (Å²) < 4.78 is 37.6. The van der Waals surface area contributed by atoms with Crippen molar-refractivity contribution in [2.75, 3.05) is 36.0 Å². The molecule has 2 aromatic heterocycles. The van der Waals surface area contributed by atoms with Gasteiger partial charge in [-0.15, -0.1) is 0 Å². The lowest BCUT2D eigenvalue weighted by Crippen LogP contribution is -2.31. The highest BCUT2D eigenvalue weighted by Gasteiger charge is 2.37. The van der Waals surface area contributed by atoms with E-state index in [0.29, 0.717) is 13.1 Å². The smallest absolute Gasteiger partial charge is 0.437 e. The molecule has 2 fully saturated rings. The van der Waals surface area contributed by atoms with Crippen LogP contribution in [0.25, 0.3) is 0 Å². The molecular formula is C21H29F3N6O2. The number of aliphatic hydroxyl groups excluding tert-OH is 1. The van der Waals surface area contributed by atoms with Crippen LogP contribution in [0.2, 0.25) is 0 Å². The lowest BCUT2D eigenvalue weighted by Gasteiger charge is -2.26. The summed E-state index contributed by atoms with van der Waals surface area (Å²) in [5.74, 6) is -0.0857. The third kappa shape index (κ3) is 6.18. The quantitative estimate of drug-likeness (QED) is 0.728. The van der Waals surface area contributed by atoms with E-state index in [2.05, 4.69) is 24.8 Å². The van der Waals surface area contributed by atoms with Gasteiger partial charge in [-0.25, -0.2) is 19.9 Å². The van der Waals surface area contributed by atoms with Crippen LogP contribution in [0.3, 0.4) is 0 Å². The first-order valence-corrected chi connectivity index (χ1v) is 10.9. The van der Waals surface area contributed by atoms with Crippen LogP contribution in [0.4, 0.5) is 25.1 Å². The number of alkyl halides is 3. The lowest BCUT2D eigenvalue weighted by molar-refractivity contribution is -0.142. The molecule has 0 aromatic carbocycles. The van der Waals surface area contributed by atoms with Gasteiger partial charge < -0.3 is 20.0 Å². The first-order chi connectivity index (χ1) is 15.3. The van der Waals surface area contributed by atoms with Crippen molar-refractivity contribution in [2.24, 2.45) is 0 Å². The molecule has 32 heavy (non-hydrogen) atoms. The summed E-state index contributed by atoms with van der Waals surface area (Å²) in [6.07, 6.45) is 4.56. The molecule has 0 unspecified atom stereocenters. The van der Waals surface area contributed by atoms with E-state index in [0.717, 1.165) is 55.8 Å². The van der Waals surface area contributed by atoms with Gasteiger partial charge >= 0.3 is 6.18 Å². The molecule has 0 amide bonds. The average molecular weight is 454 g/mol. The number of aliphatic hydroxyl groups is 1. The normalized spacial score (nSPS) is 17.0. The molecule has 0 bridgehead atoms. The molecule has 4 heterocycles. The van der Waals surface area contributed by atoms with E-state index in [-0.39, 0.29) is 12.6 Å². The van der Waals surface area contributed by atoms with Crippen LogP contribution >= 0.6 is 0 Å². The Morgan fingerprint density at radius 1 is 0.844 bits per heavy atom. The minimum Gasteiger partial charge on any atom is -0.504 e. The number of aryl methyl sites for hydroxylation is 1. The largest absolute Gasteiger partial charge is 0.504 e. The second-order valence-corrected chi connectivity index (χ2v) is 7.94. The maximum absolute atomic E-state index is 12.5. The molecule has 0 saturated carbocycles. The number of anilines is 2. The molecule has 11 heteroatoms. The predicted octanol–water partition coefficient (Wildman–Crippen LogP) is 3.46. The summed E-state index contributed by atoms with van der Waals surface area (Å²) in [6.45, 7) is 5.35. The second-order valence-electron chi connectivity index (χ2n) is 7.94. The second kappa shape index (κ2) is 10.8. The van der Waals surface area contributed by atoms with Crippen molar-refractivity contribution in [3.05, 3.63) is 29.3 Å². The number of nitrogens with zero attached hydrogens (tertiary/aromatic N) is 6. The summed E-state index contributed by atoms with van der Waals surface area (Å²) in [5, 5.41) is 18.1. The highest BCUT2D eigenvalue weighted by molar-refractivity contribution is 5.37. The Hall–Kier alpha value is -2.69. The minimum absolute atomic E-state index is 0.0200. The molecule has 0 atom stereocenters. The van der Waals surface area contributed by atoms with Gasteiger partial charge in [0.15, 0.2) is 11.4 Å². The summed E-state index contributed by atoms with van der Waals surface area (Å²) in [7, 11) is 0. The Morgan fingerprint density at radius 3 is 1.81 bits per heavy atom. The fraction of sp³-hybridized carbons (Fsp3) is 0.619. The Morgan fingerprint density at radius 2 is 1.34 bits per heavy atom. The lowest BCUT2D eigenvalue weighted by atomic mass is 10.1. The van der Waals surface area contributed by atoms with Crippen molar-refractivity contribution in [3.63, 3.8) is 0 Å². The maximum atomic E-state index is 12.5. The van der Waals surface area contributed by atoms with Crippen molar-refractivity contribution in [2.45, 2.75) is 58.2 Å². The summed E-state index contributed by atoms with van der Waals surface area (Å²) >= 11 is 0. The molecule has 2 aromatic rings. The molecule has 176 valence electrons. The van der Waals surface area contributed by atoms with E-state index >= 15 is 0 Å². The van der Waals surface area contributed by atoms with E-state index in [1.165, 1.54) is 19.3 Å². The Balaban J connectivity index is 0.000000182. The summed E-state index contributed by atoms with van der Waals surface area (Å²) in [5.41, 5.74) is 0.428. The number of hydrogen-bond acceptors (Lipinski definition) is 8. The van der Waals surface area contributed by atoms with E-state index in [1.807, 2.05) is 6.92 Å². The van der Waals surface area contributed by atoms with Gasteiger partial charge in [-0.2, -0.15) is 13.2 Å². The van der Waals surface area contributed by atoms with Crippen LogP contribution in [0.5, 0.6) is 5.75 Å². The van der Waals surface area contributed by atoms with Crippen molar-refractivity contribution < 1.29 is 23.4 Å². The van der Waals surface area contributed by atoms with Crippen molar-refractivity contribution in [1.82, 2.24) is 19.9 Å². The number of piperidine rings is 2. The molecule has 0 radical (unpaired) electrons. The number of rotatable bonds is 3. The van der Waals surface area contributed by atoms with E-state index in [1.54, 1.807) is 11.1 Å². The fourth-order valence-corrected chi connectivity index (χ4v) is 3.70. The van der Waals surface area contributed by atoms with Crippen LogP contribution in [-0.2, 0) is 12.8 Å². The summed E-state index contributed by atoms with van der Waals surface area (Å²) in [4.78, 5) is 19.8. The van der Waals surface area contributed by atoms with Crippen molar-refractivity contribution >= 4 is 11.9 Å².